The molecule has 0 aliphatic heterocycles. The first kappa shape index (κ1) is 13.7. The zero-order valence-corrected chi connectivity index (χ0v) is 13.1. The highest BCUT2D eigenvalue weighted by Gasteiger charge is 2.31. The molecule has 1 aliphatic rings. The van der Waals surface area contributed by atoms with Crippen LogP contribution in [0.3, 0.4) is 0 Å². The molecule has 1 saturated carbocycles. The summed E-state index contributed by atoms with van der Waals surface area (Å²) in [6.45, 7) is 0. The van der Waals surface area contributed by atoms with Gasteiger partial charge in [0.1, 0.15) is 0 Å². The summed E-state index contributed by atoms with van der Waals surface area (Å²) in [7, 11) is 0. The molecule has 0 aromatic heterocycles. The summed E-state index contributed by atoms with van der Waals surface area (Å²) < 4.78 is 13.7. The molecule has 1 fully saturated rings. The molecule has 0 spiro atoms. The number of halogens is 1. The number of rotatable bonds is 3. The zero-order chi connectivity index (χ0) is 14.1. The Kier molecular flexibility index (Phi) is 3.84. The van der Waals surface area contributed by atoms with Crippen molar-refractivity contribution in [2.45, 2.75) is 28.6 Å². The van der Waals surface area contributed by atoms with Gasteiger partial charge in [0.2, 0.25) is 0 Å². The minimum Gasteiger partial charge on any atom is -0.606 e. The lowest BCUT2D eigenvalue weighted by atomic mass is 10.1. The summed E-state index contributed by atoms with van der Waals surface area (Å²) in [6.07, 6.45) is 2.25. The molecule has 2 aromatic carbocycles. The van der Waals surface area contributed by atoms with Crippen molar-refractivity contribution in [1.29, 1.82) is 5.26 Å². The Morgan fingerprint density at radius 2 is 2.00 bits per heavy atom. The van der Waals surface area contributed by atoms with Crippen LogP contribution >= 0.6 is 15.9 Å². The average Bonchev–Trinajstić information content (AvgIpc) is 3.30. The number of benzene rings is 2. The fourth-order valence-corrected chi connectivity index (χ4v) is 4.08. The molecule has 0 bridgehead atoms. The zero-order valence-electron chi connectivity index (χ0n) is 10.7. The fraction of sp³-hybridized carbons (Fsp3) is 0.188. The first-order valence-electron chi connectivity index (χ1n) is 6.40. The molecule has 20 heavy (non-hydrogen) atoms. The Morgan fingerprint density at radius 1 is 1.20 bits per heavy atom. The minimum absolute atomic E-state index is 0.467. The number of nitriles is 1. The lowest BCUT2D eigenvalue weighted by molar-refractivity contribution is 0.594. The van der Waals surface area contributed by atoms with Gasteiger partial charge in [-0.05, 0) is 49.1 Å². The first-order chi connectivity index (χ1) is 9.69. The molecule has 2 aromatic rings. The second kappa shape index (κ2) is 5.61. The largest absolute Gasteiger partial charge is 0.606 e. The van der Waals surface area contributed by atoms with Crippen molar-refractivity contribution in [2.24, 2.45) is 0 Å². The highest BCUT2D eigenvalue weighted by molar-refractivity contribution is 9.10. The molecule has 1 unspecified atom stereocenters. The third-order valence-corrected chi connectivity index (χ3v) is 5.31. The predicted molar refractivity (Wildman–Crippen MR) is 81.9 cm³/mol. The van der Waals surface area contributed by atoms with Crippen LogP contribution < -0.4 is 0 Å². The average molecular weight is 346 g/mol. The second-order valence-corrected chi connectivity index (χ2v) is 7.23. The van der Waals surface area contributed by atoms with E-state index in [1.165, 1.54) is 0 Å². The van der Waals surface area contributed by atoms with E-state index in [1.807, 2.05) is 36.4 Å². The Morgan fingerprint density at radius 3 is 2.65 bits per heavy atom. The van der Waals surface area contributed by atoms with Crippen LogP contribution in [0.2, 0.25) is 0 Å². The van der Waals surface area contributed by atoms with Crippen LogP contribution in [0, 0.1) is 11.3 Å². The van der Waals surface area contributed by atoms with Crippen molar-refractivity contribution < 1.29 is 4.55 Å². The van der Waals surface area contributed by atoms with E-state index in [9.17, 15) is 4.55 Å². The van der Waals surface area contributed by atoms with Gasteiger partial charge in [0.05, 0.1) is 11.6 Å². The van der Waals surface area contributed by atoms with Gasteiger partial charge < -0.3 is 4.55 Å². The summed E-state index contributed by atoms with van der Waals surface area (Å²) in [4.78, 5) is 1.62. The summed E-state index contributed by atoms with van der Waals surface area (Å²) >= 11 is 2.21. The van der Waals surface area contributed by atoms with Gasteiger partial charge >= 0.3 is 0 Å². The highest BCUT2D eigenvalue weighted by atomic mass is 79.9. The first-order valence-corrected chi connectivity index (χ1v) is 8.34. The summed E-state index contributed by atoms with van der Waals surface area (Å²) in [6, 6.07) is 15.2. The molecule has 0 amide bonds. The van der Waals surface area contributed by atoms with Crippen LogP contribution in [-0.2, 0) is 11.2 Å². The van der Waals surface area contributed by atoms with Crippen LogP contribution in [0.4, 0.5) is 0 Å². The van der Waals surface area contributed by atoms with Crippen molar-refractivity contribution in [3.05, 3.63) is 58.1 Å². The molecule has 0 heterocycles. The number of hydrogen-bond donors (Lipinski definition) is 0. The van der Waals surface area contributed by atoms with E-state index >= 15 is 0 Å². The van der Waals surface area contributed by atoms with E-state index in [0.29, 0.717) is 11.5 Å². The second-order valence-electron chi connectivity index (χ2n) is 4.86. The van der Waals surface area contributed by atoms with Gasteiger partial charge in [-0.2, -0.15) is 5.26 Å². The van der Waals surface area contributed by atoms with Crippen molar-refractivity contribution in [1.82, 2.24) is 0 Å². The topological polar surface area (TPSA) is 46.8 Å². The third kappa shape index (κ3) is 2.76. The maximum Gasteiger partial charge on any atom is 0.162 e. The van der Waals surface area contributed by atoms with Crippen molar-refractivity contribution in [3.63, 3.8) is 0 Å². The van der Waals surface area contributed by atoms with Gasteiger partial charge in [-0.25, -0.2) is 0 Å². The quantitative estimate of drug-likeness (QED) is 0.775. The highest BCUT2D eigenvalue weighted by Crippen LogP contribution is 2.44. The standard InChI is InChI=1S/C16H12BrNOS/c17-13-2-1-3-14(9-13)20(19)16-7-4-11(10-18)8-15(16)12-5-6-12/h1-4,7-9,12H,5-6H2. The lowest BCUT2D eigenvalue weighted by Crippen LogP contribution is -2.06. The maximum absolute atomic E-state index is 12.8. The SMILES string of the molecule is N#Cc1ccc([S+]([O-])c2cccc(Br)c2)c(C2CC2)c1. The molecule has 0 N–H and O–H groups in total. The maximum atomic E-state index is 12.8. The minimum atomic E-state index is -1.20. The summed E-state index contributed by atoms with van der Waals surface area (Å²) in [5.74, 6) is 0.467. The lowest BCUT2D eigenvalue weighted by Gasteiger charge is -2.14. The fourth-order valence-electron chi connectivity index (χ4n) is 2.21. The summed E-state index contributed by atoms with van der Waals surface area (Å²) in [5.41, 5.74) is 1.71. The van der Waals surface area contributed by atoms with E-state index in [0.717, 1.165) is 32.7 Å². The van der Waals surface area contributed by atoms with E-state index in [1.54, 1.807) is 6.07 Å². The molecule has 1 atom stereocenters. The third-order valence-electron chi connectivity index (χ3n) is 3.37. The molecule has 100 valence electrons. The number of hydrogen-bond acceptors (Lipinski definition) is 2. The molecule has 2 nitrogen and oxygen atoms in total. The van der Waals surface area contributed by atoms with Gasteiger partial charge in [0.25, 0.3) is 0 Å². The van der Waals surface area contributed by atoms with Crippen LogP contribution in [0.15, 0.2) is 56.7 Å². The molecular weight excluding hydrogens is 334 g/mol. The van der Waals surface area contributed by atoms with Crippen LogP contribution in [0.5, 0.6) is 0 Å². The molecule has 0 radical (unpaired) electrons. The Labute approximate surface area is 129 Å². The van der Waals surface area contributed by atoms with Crippen molar-refractivity contribution in [3.8, 4) is 6.07 Å². The Hall–Kier alpha value is -1.28. The van der Waals surface area contributed by atoms with Gasteiger partial charge in [0.15, 0.2) is 9.79 Å². The van der Waals surface area contributed by atoms with E-state index in [2.05, 4.69) is 22.0 Å². The molecule has 1 aliphatic carbocycles. The van der Waals surface area contributed by atoms with Crippen molar-refractivity contribution in [2.75, 3.05) is 0 Å². The Balaban J connectivity index is 2.03. The van der Waals surface area contributed by atoms with Crippen molar-refractivity contribution >= 4 is 27.1 Å². The van der Waals surface area contributed by atoms with Crippen LogP contribution in [-0.4, -0.2) is 4.55 Å². The Bertz CT molecular complexity index is 691. The predicted octanol–water partition coefficient (Wildman–Crippen LogP) is 4.36. The van der Waals surface area contributed by atoms with Gasteiger partial charge in [-0.15, -0.1) is 0 Å². The molecule has 3 rings (SSSR count). The van der Waals surface area contributed by atoms with Crippen LogP contribution in [0.1, 0.15) is 29.9 Å². The van der Waals surface area contributed by atoms with E-state index < -0.39 is 11.2 Å². The monoisotopic (exact) mass is 345 g/mol. The summed E-state index contributed by atoms with van der Waals surface area (Å²) in [5, 5.41) is 9.02. The molecular formula is C16H12BrNOS. The van der Waals surface area contributed by atoms with Gasteiger partial charge in [-0.1, -0.05) is 22.0 Å². The molecule has 0 saturated heterocycles. The van der Waals surface area contributed by atoms with Gasteiger partial charge in [0, 0.05) is 27.3 Å². The van der Waals surface area contributed by atoms with E-state index in [-0.39, 0.29) is 0 Å². The van der Waals surface area contributed by atoms with Crippen LogP contribution in [0.25, 0.3) is 0 Å². The normalized spacial score (nSPS) is 15.7. The molecule has 4 heteroatoms. The van der Waals surface area contributed by atoms with Gasteiger partial charge in [-0.3, -0.25) is 0 Å². The van der Waals surface area contributed by atoms with E-state index in [4.69, 9.17) is 5.26 Å². The smallest absolute Gasteiger partial charge is 0.162 e. The number of nitrogens with zero attached hydrogens (tertiary/aromatic N) is 1.